The molecule has 0 spiro atoms. The standard InChI is InChI=1S/C11H10Cl3N3/c1-2-3-10-15-16-11(14)17(10)9-5-7(12)4-8(13)6-9/h4-6H,2-3H2,1H3. The lowest BCUT2D eigenvalue weighted by molar-refractivity contribution is 0.803. The van der Waals surface area contributed by atoms with Crippen LogP contribution in [0.5, 0.6) is 0 Å². The first-order valence-electron chi connectivity index (χ1n) is 5.18. The van der Waals surface area contributed by atoms with Crippen molar-refractivity contribution in [2.75, 3.05) is 0 Å². The third-order valence-corrected chi connectivity index (χ3v) is 2.95. The molecule has 0 N–H and O–H groups in total. The number of halogens is 3. The molecule has 0 aliphatic carbocycles. The second kappa shape index (κ2) is 5.25. The SMILES string of the molecule is CCCc1nnc(Cl)n1-c1cc(Cl)cc(Cl)c1. The predicted octanol–water partition coefficient (Wildman–Crippen LogP) is 4.18. The van der Waals surface area contributed by atoms with Crippen LogP contribution in [0.4, 0.5) is 0 Å². The molecule has 1 aromatic heterocycles. The molecule has 2 aromatic rings. The minimum absolute atomic E-state index is 0.312. The van der Waals surface area contributed by atoms with Crippen molar-refractivity contribution in [3.8, 4) is 5.69 Å². The summed E-state index contributed by atoms with van der Waals surface area (Å²) >= 11 is 18.0. The van der Waals surface area contributed by atoms with Gasteiger partial charge in [0, 0.05) is 16.5 Å². The summed E-state index contributed by atoms with van der Waals surface area (Å²) in [7, 11) is 0. The monoisotopic (exact) mass is 289 g/mol. The molecule has 0 amide bonds. The van der Waals surface area contributed by atoms with Crippen LogP contribution in [-0.4, -0.2) is 14.8 Å². The number of aromatic nitrogens is 3. The second-order valence-corrected chi connectivity index (χ2v) is 4.81. The lowest BCUT2D eigenvalue weighted by Crippen LogP contribution is -2.01. The van der Waals surface area contributed by atoms with Crippen LogP contribution >= 0.6 is 34.8 Å². The Hall–Kier alpha value is -0.770. The van der Waals surface area contributed by atoms with Gasteiger partial charge in [0.05, 0.1) is 5.69 Å². The highest BCUT2D eigenvalue weighted by Gasteiger charge is 2.12. The molecule has 0 saturated heterocycles. The van der Waals surface area contributed by atoms with E-state index in [1.54, 1.807) is 22.8 Å². The summed E-state index contributed by atoms with van der Waals surface area (Å²) in [5.41, 5.74) is 0.779. The first kappa shape index (κ1) is 12.7. The van der Waals surface area contributed by atoms with Gasteiger partial charge in [0.2, 0.25) is 5.28 Å². The quantitative estimate of drug-likeness (QED) is 0.849. The summed E-state index contributed by atoms with van der Waals surface area (Å²) in [4.78, 5) is 0. The predicted molar refractivity (Wildman–Crippen MR) is 70.4 cm³/mol. The summed E-state index contributed by atoms with van der Waals surface area (Å²) < 4.78 is 1.75. The van der Waals surface area contributed by atoms with E-state index < -0.39 is 0 Å². The van der Waals surface area contributed by atoms with E-state index in [9.17, 15) is 0 Å². The molecule has 0 radical (unpaired) electrons. The summed E-state index contributed by atoms with van der Waals surface area (Å²) in [6.45, 7) is 2.07. The van der Waals surface area contributed by atoms with E-state index in [1.165, 1.54) is 0 Å². The van der Waals surface area contributed by atoms with E-state index >= 15 is 0 Å². The van der Waals surface area contributed by atoms with Crippen LogP contribution in [0.3, 0.4) is 0 Å². The Labute approximate surface area is 114 Å². The third kappa shape index (κ3) is 2.73. The van der Waals surface area contributed by atoms with Crippen LogP contribution in [-0.2, 0) is 6.42 Å². The summed E-state index contributed by atoms with van der Waals surface area (Å²) in [6, 6.07) is 5.23. The highest BCUT2D eigenvalue weighted by Crippen LogP contribution is 2.25. The first-order valence-corrected chi connectivity index (χ1v) is 6.31. The fourth-order valence-electron chi connectivity index (χ4n) is 1.60. The number of rotatable bonds is 3. The second-order valence-electron chi connectivity index (χ2n) is 3.60. The molecule has 0 aliphatic rings. The lowest BCUT2D eigenvalue weighted by atomic mass is 10.3. The highest BCUT2D eigenvalue weighted by molar-refractivity contribution is 6.35. The number of hydrogen-bond donors (Lipinski definition) is 0. The summed E-state index contributed by atoms with van der Waals surface area (Å²) in [5, 5.41) is 9.32. The molecule has 6 heteroatoms. The van der Waals surface area contributed by atoms with E-state index in [0.717, 1.165) is 24.4 Å². The maximum atomic E-state index is 6.02. The van der Waals surface area contributed by atoms with Gasteiger partial charge in [-0.05, 0) is 36.2 Å². The zero-order valence-electron chi connectivity index (χ0n) is 9.12. The van der Waals surface area contributed by atoms with Gasteiger partial charge < -0.3 is 0 Å². The molecule has 2 rings (SSSR count). The van der Waals surface area contributed by atoms with Gasteiger partial charge in [-0.1, -0.05) is 30.1 Å². The average Bonchev–Trinajstić information content (AvgIpc) is 2.59. The fraction of sp³-hybridized carbons (Fsp3) is 0.273. The third-order valence-electron chi connectivity index (χ3n) is 2.27. The van der Waals surface area contributed by atoms with E-state index in [4.69, 9.17) is 34.8 Å². The normalized spacial score (nSPS) is 10.8. The topological polar surface area (TPSA) is 30.7 Å². The number of hydrogen-bond acceptors (Lipinski definition) is 2. The van der Waals surface area contributed by atoms with Gasteiger partial charge in [0.25, 0.3) is 0 Å². The van der Waals surface area contributed by atoms with E-state index in [2.05, 4.69) is 17.1 Å². The van der Waals surface area contributed by atoms with E-state index in [-0.39, 0.29) is 0 Å². The molecule has 0 bridgehead atoms. The van der Waals surface area contributed by atoms with Gasteiger partial charge in [-0.15, -0.1) is 10.2 Å². The molecular weight excluding hydrogens is 281 g/mol. The van der Waals surface area contributed by atoms with Crippen molar-refractivity contribution < 1.29 is 0 Å². The van der Waals surface area contributed by atoms with Crippen molar-refractivity contribution >= 4 is 34.8 Å². The fourth-order valence-corrected chi connectivity index (χ4v) is 2.35. The van der Waals surface area contributed by atoms with Gasteiger partial charge in [0.1, 0.15) is 5.82 Å². The zero-order chi connectivity index (χ0) is 12.4. The minimum Gasteiger partial charge on any atom is -0.270 e. The largest absolute Gasteiger partial charge is 0.270 e. The highest BCUT2D eigenvalue weighted by atomic mass is 35.5. The molecule has 0 unspecified atom stereocenters. The Balaban J connectivity index is 2.54. The molecule has 0 aliphatic heterocycles. The van der Waals surface area contributed by atoms with Crippen molar-refractivity contribution in [3.63, 3.8) is 0 Å². The average molecular weight is 291 g/mol. The zero-order valence-corrected chi connectivity index (χ0v) is 11.4. The first-order chi connectivity index (χ1) is 8.11. The van der Waals surface area contributed by atoms with Crippen molar-refractivity contribution in [1.82, 2.24) is 14.8 Å². The molecule has 0 atom stereocenters. The van der Waals surface area contributed by atoms with Gasteiger partial charge in [-0.25, -0.2) is 0 Å². The van der Waals surface area contributed by atoms with Crippen LogP contribution in [0.1, 0.15) is 19.2 Å². The van der Waals surface area contributed by atoms with Gasteiger partial charge in [-0.3, -0.25) is 4.57 Å². The molecule has 0 saturated carbocycles. The van der Waals surface area contributed by atoms with Crippen LogP contribution < -0.4 is 0 Å². The maximum Gasteiger partial charge on any atom is 0.229 e. The molecule has 0 fully saturated rings. The Morgan fingerprint density at radius 1 is 1.06 bits per heavy atom. The maximum absolute atomic E-state index is 6.02. The lowest BCUT2D eigenvalue weighted by Gasteiger charge is -2.08. The summed E-state index contributed by atoms with van der Waals surface area (Å²) in [5.74, 6) is 0.802. The Bertz CT molecular complexity index is 517. The van der Waals surface area contributed by atoms with Crippen molar-refractivity contribution in [2.45, 2.75) is 19.8 Å². The minimum atomic E-state index is 0.312. The smallest absolute Gasteiger partial charge is 0.229 e. The Morgan fingerprint density at radius 3 is 2.29 bits per heavy atom. The van der Waals surface area contributed by atoms with Crippen molar-refractivity contribution in [1.29, 1.82) is 0 Å². The number of benzene rings is 1. The van der Waals surface area contributed by atoms with Crippen LogP contribution in [0.2, 0.25) is 15.3 Å². The number of nitrogens with zero attached hydrogens (tertiary/aromatic N) is 3. The Kier molecular flexibility index (Phi) is 3.92. The van der Waals surface area contributed by atoms with Crippen LogP contribution in [0.15, 0.2) is 18.2 Å². The van der Waals surface area contributed by atoms with E-state index in [1.807, 2.05) is 0 Å². The van der Waals surface area contributed by atoms with Crippen LogP contribution in [0, 0.1) is 0 Å². The molecule has 90 valence electrons. The molecular formula is C11H10Cl3N3. The van der Waals surface area contributed by atoms with Gasteiger partial charge in [0.15, 0.2) is 0 Å². The van der Waals surface area contributed by atoms with E-state index in [0.29, 0.717) is 15.3 Å². The van der Waals surface area contributed by atoms with Crippen LogP contribution in [0.25, 0.3) is 5.69 Å². The Morgan fingerprint density at radius 2 is 1.71 bits per heavy atom. The number of aryl methyl sites for hydroxylation is 1. The van der Waals surface area contributed by atoms with Gasteiger partial charge in [-0.2, -0.15) is 0 Å². The molecule has 17 heavy (non-hydrogen) atoms. The van der Waals surface area contributed by atoms with Crippen molar-refractivity contribution in [3.05, 3.63) is 39.4 Å². The molecule has 1 aromatic carbocycles. The van der Waals surface area contributed by atoms with Gasteiger partial charge >= 0.3 is 0 Å². The molecule has 3 nitrogen and oxygen atoms in total. The van der Waals surface area contributed by atoms with Crippen molar-refractivity contribution in [2.24, 2.45) is 0 Å². The summed E-state index contributed by atoms with van der Waals surface area (Å²) in [6.07, 6.45) is 1.76. The molecule has 1 heterocycles.